The highest BCUT2D eigenvalue weighted by Crippen LogP contribution is 2.18. The van der Waals surface area contributed by atoms with Crippen LogP contribution in [0.5, 0.6) is 0 Å². The molecule has 0 fully saturated rings. The topological polar surface area (TPSA) is 0 Å². The Morgan fingerprint density at radius 3 is 2.43 bits per heavy atom. The third kappa shape index (κ3) is 4.49. The second-order valence-corrected chi connectivity index (χ2v) is 3.21. The van der Waals surface area contributed by atoms with Crippen molar-refractivity contribution in [1.82, 2.24) is 0 Å². The molecule has 0 heterocycles. The fourth-order valence-electron chi connectivity index (χ4n) is 0.451. The van der Waals surface area contributed by atoms with Gasteiger partial charge in [0, 0.05) is 5.25 Å². The van der Waals surface area contributed by atoms with Crippen molar-refractivity contribution in [3.8, 4) is 0 Å². The zero-order valence-electron chi connectivity index (χ0n) is 4.78. The average Bonchev–Trinajstić information content (AvgIpc) is 1.68. The first-order valence-corrected chi connectivity index (χ1v) is 4.29. The molecule has 0 radical (unpaired) electrons. The zero-order chi connectivity index (χ0) is 5.70. The molecule has 0 nitrogen and oxygen atoms in total. The average molecular weight is 139 g/mol. The van der Waals surface area contributed by atoms with E-state index in [1.165, 1.54) is 23.8 Å². The lowest BCUT2D eigenvalue weighted by molar-refractivity contribution is 0.790. The Labute approximate surface area is 54.1 Å². The van der Waals surface area contributed by atoms with Gasteiger partial charge >= 0.3 is 0 Å². The van der Waals surface area contributed by atoms with Gasteiger partial charge in [0.05, 0.1) is 0 Å². The third-order valence-corrected chi connectivity index (χ3v) is 2.30. The normalized spacial score (nSPS) is 14.1. The molecule has 44 valence electrons. The van der Waals surface area contributed by atoms with Crippen molar-refractivity contribution >= 4 is 21.7 Å². The van der Waals surface area contributed by atoms with E-state index in [0.717, 1.165) is 0 Å². The molecule has 0 bridgehead atoms. The molecule has 0 saturated heterocycles. The molecule has 0 aliphatic rings. The minimum Gasteiger partial charge on any atom is -0.0653 e. The molecule has 7 heavy (non-hydrogen) atoms. The van der Waals surface area contributed by atoms with E-state index in [1.54, 1.807) is 0 Å². The Kier molecular flexibility index (Phi) is 5.23. The predicted molar refractivity (Wildman–Crippen MR) is 37.8 cm³/mol. The largest absolute Gasteiger partial charge is 0.0653 e. The van der Waals surface area contributed by atoms with Crippen LogP contribution >= 0.6 is 21.7 Å². The first-order valence-electron chi connectivity index (χ1n) is 2.58. The van der Waals surface area contributed by atoms with E-state index in [9.17, 15) is 0 Å². The van der Waals surface area contributed by atoms with E-state index in [-0.39, 0.29) is 0 Å². The summed E-state index contributed by atoms with van der Waals surface area (Å²) in [6.45, 7) is 4.31. The summed E-state index contributed by atoms with van der Waals surface area (Å²) in [4.78, 5) is 0. The van der Waals surface area contributed by atoms with E-state index >= 15 is 0 Å². The molecule has 0 spiro atoms. The molecular weight excluding hydrogens is 128 g/mol. The summed E-state index contributed by atoms with van der Waals surface area (Å²) >= 11 is 0. The molecule has 0 aromatic heterocycles. The van der Waals surface area contributed by atoms with E-state index in [1.807, 2.05) is 0 Å². The molecule has 0 aliphatic carbocycles. The molecule has 0 aromatic carbocycles. The van der Waals surface area contributed by atoms with E-state index < -0.39 is 0 Å². The highest BCUT2D eigenvalue weighted by atomic mass is 35.7. The maximum absolute atomic E-state index is 5.45. The third-order valence-electron chi connectivity index (χ3n) is 0.847. The van der Waals surface area contributed by atoms with Crippen molar-refractivity contribution < 1.29 is 0 Å². The quantitative estimate of drug-likeness (QED) is 0.578. The Morgan fingerprint density at radius 1 is 1.71 bits per heavy atom. The highest BCUT2D eigenvalue weighted by molar-refractivity contribution is 8.21. The van der Waals surface area contributed by atoms with Gasteiger partial charge in [-0.05, 0) is 17.1 Å². The molecule has 0 aliphatic heterocycles. The van der Waals surface area contributed by atoms with Crippen LogP contribution in [-0.4, -0.2) is 5.25 Å². The maximum atomic E-state index is 5.45. The van der Waals surface area contributed by atoms with Gasteiger partial charge in [-0.15, -0.1) is 0 Å². The summed E-state index contributed by atoms with van der Waals surface area (Å²) in [5.41, 5.74) is 0. The number of halogens is 1. The standard InChI is InChI=1S/C5H11ClS/c1-3-4-5(2)7-6/h5H,3-4H2,1-2H3/t5-/m0/s1. The van der Waals surface area contributed by atoms with Gasteiger partial charge in [0.1, 0.15) is 0 Å². The van der Waals surface area contributed by atoms with Gasteiger partial charge in [0.15, 0.2) is 0 Å². The highest BCUT2D eigenvalue weighted by Gasteiger charge is 1.95. The number of rotatable bonds is 3. The van der Waals surface area contributed by atoms with Gasteiger partial charge in [-0.1, -0.05) is 31.2 Å². The second-order valence-electron chi connectivity index (χ2n) is 1.69. The van der Waals surface area contributed by atoms with Gasteiger partial charge in [0.25, 0.3) is 0 Å². The predicted octanol–water partition coefficient (Wildman–Crippen LogP) is 3.06. The first-order chi connectivity index (χ1) is 3.31. The molecule has 1 atom stereocenters. The van der Waals surface area contributed by atoms with Crippen molar-refractivity contribution in [3.05, 3.63) is 0 Å². The zero-order valence-corrected chi connectivity index (χ0v) is 6.35. The van der Waals surface area contributed by atoms with Crippen molar-refractivity contribution in [2.24, 2.45) is 0 Å². The molecule has 2 heteroatoms. The first kappa shape index (κ1) is 7.64. The summed E-state index contributed by atoms with van der Waals surface area (Å²) in [5, 5.41) is 0.631. The summed E-state index contributed by atoms with van der Waals surface area (Å²) in [5.74, 6) is 0. The van der Waals surface area contributed by atoms with Gasteiger partial charge in [-0.2, -0.15) is 0 Å². The minimum absolute atomic E-state index is 0.631. The lowest BCUT2D eigenvalue weighted by Crippen LogP contribution is -1.89. The smallest absolute Gasteiger partial charge is 0.0171 e. The van der Waals surface area contributed by atoms with Crippen LogP contribution in [0.3, 0.4) is 0 Å². The molecule has 0 amide bonds. The maximum Gasteiger partial charge on any atom is 0.0171 e. The Morgan fingerprint density at radius 2 is 2.29 bits per heavy atom. The molecule has 0 unspecified atom stereocenters. The Hall–Kier alpha value is 0.640. The number of hydrogen-bond acceptors (Lipinski definition) is 1. The number of hydrogen-bond donors (Lipinski definition) is 0. The second kappa shape index (κ2) is 4.79. The van der Waals surface area contributed by atoms with Gasteiger partial charge in [-0.25, -0.2) is 0 Å². The van der Waals surface area contributed by atoms with E-state index in [0.29, 0.717) is 5.25 Å². The van der Waals surface area contributed by atoms with Crippen LogP contribution in [0.25, 0.3) is 0 Å². The van der Waals surface area contributed by atoms with Gasteiger partial charge in [0.2, 0.25) is 0 Å². The van der Waals surface area contributed by atoms with Crippen LogP contribution < -0.4 is 0 Å². The van der Waals surface area contributed by atoms with Crippen LogP contribution in [0.15, 0.2) is 0 Å². The fraction of sp³-hybridized carbons (Fsp3) is 1.00. The van der Waals surface area contributed by atoms with Gasteiger partial charge in [-0.3, -0.25) is 0 Å². The van der Waals surface area contributed by atoms with Crippen LogP contribution in [0.2, 0.25) is 0 Å². The lowest BCUT2D eigenvalue weighted by atomic mass is 10.3. The molecule has 0 aromatic rings. The molecule has 0 rings (SSSR count). The van der Waals surface area contributed by atoms with E-state index in [4.69, 9.17) is 10.7 Å². The van der Waals surface area contributed by atoms with Crippen LogP contribution in [0.1, 0.15) is 26.7 Å². The van der Waals surface area contributed by atoms with Crippen molar-refractivity contribution in [2.45, 2.75) is 31.9 Å². The fourth-order valence-corrected chi connectivity index (χ4v) is 1.04. The monoisotopic (exact) mass is 138 g/mol. The molecular formula is C5H11ClS. The van der Waals surface area contributed by atoms with E-state index in [2.05, 4.69) is 13.8 Å². The van der Waals surface area contributed by atoms with Crippen molar-refractivity contribution in [2.75, 3.05) is 0 Å². The van der Waals surface area contributed by atoms with Gasteiger partial charge < -0.3 is 0 Å². The van der Waals surface area contributed by atoms with Crippen LogP contribution in [-0.2, 0) is 0 Å². The summed E-state index contributed by atoms with van der Waals surface area (Å²) in [6, 6.07) is 0. The van der Waals surface area contributed by atoms with Crippen LogP contribution in [0.4, 0.5) is 0 Å². The SMILES string of the molecule is CCC[C@H](C)SCl. The molecule has 0 N–H and O–H groups in total. The van der Waals surface area contributed by atoms with Crippen molar-refractivity contribution in [3.63, 3.8) is 0 Å². The minimum atomic E-state index is 0.631. The summed E-state index contributed by atoms with van der Waals surface area (Å²) in [7, 11) is 6.87. The van der Waals surface area contributed by atoms with Crippen molar-refractivity contribution in [1.29, 1.82) is 0 Å². The summed E-state index contributed by atoms with van der Waals surface area (Å²) in [6.07, 6.45) is 2.47. The van der Waals surface area contributed by atoms with Crippen LogP contribution in [0, 0.1) is 0 Å². The Bertz CT molecular complexity index is 39.1. The summed E-state index contributed by atoms with van der Waals surface area (Å²) < 4.78 is 0. The Balaban J connectivity index is 2.83. The lowest BCUT2D eigenvalue weighted by Gasteiger charge is -1.99. The molecule has 0 saturated carbocycles.